The quantitative estimate of drug-likeness (QED) is 0.306. The lowest BCUT2D eigenvalue weighted by Crippen LogP contribution is -2.38. The van der Waals surface area contributed by atoms with Crippen LogP contribution in [0.15, 0.2) is 29.4 Å². The Morgan fingerprint density at radius 2 is 2.35 bits per heavy atom. The topological polar surface area (TPSA) is 106 Å². The normalized spacial score (nSPS) is 18.8. The minimum Gasteiger partial charge on any atom is -0.483 e. The van der Waals surface area contributed by atoms with E-state index in [-0.39, 0.29) is 24.4 Å². The maximum absolute atomic E-state index is 11.7. The van der Waals surface area contributed by atoms with Crippen molar-refractivity contribution in [3.05, 3.63) is 29.8 Å². The lowest BCUT2D eigenvalue weighted by atomic mass is 10.2. The van der Waals surface area contributed by atoms with E-state index in [0.717, 1.165) is 6.42 Å². The van der Waals surface area contributed by atoms with Gasteiger partial charge in [0.1, 0.15) is 5.75 Å². The third-order valence-electron chi connectivity index (χ3n) is 2.92. The van der Waals surface area contributed by atoms with Crippen LogP contribution in [0, 0.1) is 0 Å². The van der Waals surface area contributed by atoms with Gasteiger partial charge in [0.25, 0.3) is 5.91 Å². The number of oxime groups is 1. The van der Waals surface area contributed by atoms with Crippen molar-refractivity contribution in [3.63, 3.8) is 0 Å². The van der Waals surface area contributed by atoms with Crippen LogP contribution >= 0.6 is 0 Å². The molecular formula is C13H17N3O4. The molecule has 1 saturated heterocycles. The molecule has 0 aromatic heterocycles. The standard InChI is InChI=1S/C13H17N3O4/c14-13(16-18)10-3-1-2-4-11(10)20-8-12(17)15-9-5-6-19-7-9/h1-4,9,18H,5-8H2,(H2,14,16)(H,15,17). The van der Waals surface area contributed by atoms with Crippen LogP contribution in [0.1, 0.15) is 12.0 Å². The highest BCUT2D eigenvalue weighted by molar-refractivity contribution is 5.99. The lowest BCUT2D eigenvalue weighted by molar-refractivity contribution is -0.123. The van der Waals surface area contributed by atoms with E-state index in [1.54, 1.807) is 24.3 Å². The van der Waals surface area contributed by atoms with Gasteiger partial charge >= 0.3 is 0 Å². The summed E-state index contributed by atoms with van der Waals surface area (Å²) in [5.41, 5.74) is 5.97. The first kappa shape index (κ1) is 14.1. The second kappa shape index (κ2) is 6.76. The van der Waals surface area contributed by atoms with Gasteiger partial charge in [-0.05, 0) is 18.6 Å². The summed E-state index contributed by atoms with van der Waals surface area (Å²) in [6, 6.07) is 6.82. The first-order chi connectivity index (χ1) is 9.70. The SMILES string of the molecule is N/C(=N/O)c1ccccc1OCC(=O)NC1CCOC1. The van der Waals surface area contributed by atoms with Gasteiger partial charge in [0.05, 0.1) is 18.2 Å². The average molecular weight is 279 g/mol. The first-order valence-electron chi connectivity index (χ1n) is 6.27. The summed E-state index contributed by atoms with van der Waals surface area (Å²) >= 11 is 0. The Bertz CT molecular complexity index is 498. The Hall–Kier alpha value is -2.28. The summed E-state index contributed by atoms with van der Waals surface area (Å²) in [5, 5.41) is 14.4. The van der Waals surface area contributed by atoms with Gasteiger partial charge in [0.2, 0.25) is 0 Å². The molecule has 1 heterocycles. The molecule has 7 heteroatoms. The summed E-state index contributed by atoms with van der Waals surface area (Å²) in [6.45, 7) is 1.07. The zero-order chi connectivity index (χ0) is 14.4. The predicted molar refractivity (Wildman–Crippen MR) is 71.8 cm³/mol. The molecule has 4 N–H and O–H groups in total. The predicted octanol–water partition coefficient (Wildman–Crippen LogP) is 0.0650. The molecular weight excluding hydrogens is 262 g/mol. The largest absolute Gasteiger partial charge is 0.483 e. The van der Waals surface area contributed by atoms with Crippen LogP contribution in [-0.4, -0.2) is 42.8 Å². The number of amidine groups is 1. The van der Waals surface area contributed by atoms with Gasteiger partial charge in [-0.25, -0.2) is 0 Å². The van der Waals surface area contributed by atoms with E-state index in [9.17, 15) is 4.79 Å². The fourth-order valence-electron chi connectivity index (χ4n) is 1.92. The molecule has 0 aliphatic carbocycles. The number of hydrogen-bond donors (Lipinski definition) is 3. The average Bonchev–Trinajstić information content (AvgIpc) is 2.97. The molecule has 0 saturated carbocycles. The number of rotatable bonds is 5. The van der Waals surface area contributed by atoms with Crippen LogP contribution in [0.4, 0.5) is 0 Å². The first-order valence-corrected chi connectivity index (χ1v) is 6.27. The van der Waals surface area contributed by atoms with Gasteiger partial charge in [-0.15, -0.1) is 0 Å². The number of nitrogens with two attached hydrogens (primary N) is 1. The molecule has 2 rings (SSSR count). The molecule has 1 aromatic rings. The summed E-state index contributed by atoms with van der Waals surface area (Å²) < 4.78 is 10.6. The molecule has 0 bridgehead atoms. The third-order valence-corrected chi connectivity index (χ3v) is 2.92. The van der Waals surface area contributed by atoms with Gasteiger partial charge in [-0.1, -0.05) is 17.3 Å². The number of amides is 1. The van der Waals surface area contributed by atoms with Crippen molar-refractivity contribution in [2.24, 2.45) is 10.9 Å². The second-order valence-corrected chi connectivity index (χ2v) is 4.40. The number of nitrogens with zero attached hydrogens (tertiary/aromatic N) is 1. The fourth-order valence-corrected chi connectivity index (χ4v) is 1.92. The van der Waals surface area contributed by atoms with Crippen molar-refractivity contribution in [2.45, 2.75) is 12.5 Å². The highest BCUT2D eigenvalue weighted by Gasteiger charge is 2.18. The Kier molecular flexibility index (Phi) is 4.78. The van der Waals surface area contributed by atoms with E-state index in [0.29, 0.717) is 24.5 Å². The summed E-state index contributed by atoms with van der Waals surface area (Å²) in [6.07, 6.45) is 0.812. The molecule has 1 aliphatic heterocycles. The molecule has 1 aliphatic rings. The Labute approximate surface area is 116 Å². The molecule has 0 radical (unpaired) electrons. The molecule has 1 atom stereocenters. The van der Waals surface area contributed by atoms with Crippen molar-refractivity contribution < 1.29 is 19.5 Å². The van der Waals surface area contributed by atoms with Crippen molar-refractivity contribution in [1.82, 2.24) is 5.32 Å². The minimum atomic E-state index is -0.227. The molecule has 108 valence electrons. The Balaban J connectivity index is 1.91. The van der Waals surface area contributed by atoms with Crippen LogP contribution in [0.25, 0.3) is 0 Å². The molecule has 1 aromatic carbocycles. The van der Waals surface area contributed by atoms with Crippen molar-refractivity contribution in [1.29, 1.82) is 0 Å². The molecule has 7 nitrogen and oxygen atoms in total. The molecule has 1 unspecified atom stereocenters. The van der Waals surface area contributed by atoms with E-state index in [4.69, 9.17) is 20.4 Å². The number of carbonyl (C=O) groups is 1. The van der Waals surface area contributed by atoms with Crippen LogP contribution in [-0.2, 0) is 9.53 Å². The van der Waals surface area contributed by atoms with Gasteiger partial charge in [0, 0.05) is 6.61 Å². The number of ether oxygens (including phenoxy) is 2. The zero-order valence-corrected chi connectivity index (χ0v) is 10.9. The van der Waals surface area contributed by atoms with Crippen LogP contribution < -0.4 is 15.8 Å². The molecule has 1 amide bonds. The van der Waals surface area contributed by atoms with Gasteiger partial charge in [0.15, 0.2) is 12.4 Å². The fraction of sp³-hybridized carbons (Fsp3) is 0.385. The van der Waals surface area contributed by atoms with Crippen LogP contribution in [0.3, 0.4) is 0 Å². The van der Waals surface area contributed by atoms with E-state index in [2.05, 4.69) is 10.5 Å². The highest BCUT2D eigenvalue weighted by atomic mass is 16.5. The van der Waals surface area contributed by atoms with Crippen LogP contribution in [0.2, 0.25) is 0 Å². The van der Waals surface area contributed by atoms with Gasteiger partial charge in [-0.2, -0.15) is 0 Å². The lowest BCUT2D eigenvalue weighted by Gasteiger charge is -2.13. The number of carbonyl (C=O) groups excluding carboxylic acids is 1. The zero-order valence-electron chi connectivity index (χ0n) is 10.9. The maximum Gasteiger partial charge on any atom is 0.258 e. The van der Waals surface area contributed by atoms with E-state index >= 15 is 0 Å². The summed E-state index contributed by atoms with van der Waals surface area (Å²) in [5.74, 6) is 0.0978. The van der Waals surface area contributed by atoms with E-state index in [1.807, 2.05) is 0 Å². The van der Waals surface area contributed by atoms with Crippen molar-refractivity contribution >= 4 is 11.7 Å². The second-order valence-electron chi connectivity index (χ2n) is 4.40. The number of para-hydroxylation sites is 1. The summed E-state index contributed by atoms with van der Waals surface area (Å²) in [4.78, 5) is 11.7. The van der Waals surface area contributed by atoms with Gasteiger partial charge < -0.3 is 25.7 Å². The van der Waals surface area contributed by atoms with Crippen molar-refractivity contribution in [2.75, 3.05) is 19.8 Å². The van der Waals surface area contributed by atoms with Crippen LogP contribution in [0.5, 0.6) is 5.75 Å². The Morgan fingerprint density at radius 3 is 3.05 bits per heavy atom. The minimum absolute atomic E-state index is 0.0467. The van der Waals surface area contributed by atoms with Gasteiger partial charge in [-0.3, -0.25) is 4.79 Å². The van der Waals surface area contributed by atoms with E-state index < -0.39 is 0 Å². The smallest absolute Gasteiger partial charge is 0.258 e. The molecule has 20 heavy (non-hydrogen) atoms. The molecule has 1 fully saturated rings. The number of nitrogens with one attached hydrogen (secondary N) is 1. The molecule has 0 spiro atoms. The highest BCUT2D eigenvalue weighted by Crippen LogP contribution is 2.17. The van der Waals surface area contributed by atoms with E-state index in [1.165, 1.54) is 0 Å². The Morgan fingerprint density at radius 1 is 1.55 bits per heavy atom. The monoisotopic (exact) mass is 279 g/mol. The number of hydrogen-bond acceptors (Lipinski definition) is 5. The summed E-state index contributed by atoms with van der Waals surface area (Å²) in [7, 11) is 0. The third kappa shape index (κ3) is 3.61. The maximum atomic E-state index is 11.7. The number of benzene rings is 1. The van der Waals surface area contributed by atoms with Crippen molar-refractivity contribution in [3.8, 4) is 5.75 Å².